The highest BCUT2D eigenvalue weighted by atomic mass is 32.2. The van der Waals surface area contributed by atoms with Crippen LogP contribution in [0.3, 0.4) is 0 Å². The maximum Gasteiger partial charge on any atom is 0.214 e. The first-order valence-electron chi connectivity index (χ1n) is 6.75. The molecule has 1 aliphatic rings. The van der Waals surface area contributed by atoms with Crippen LogP contribution in [0.15, 0.2) is 0 Å². The van der Waals surface area contributed by atoms with E-state index in [4.69, 9.17) is 4.74 Å². The molecule has 1 saturated heterocycles. The molecule has 2 unspecified atom stereocenters. The van der Waals surface area contributed by atoms with Crippen molar-refractivity contribution in [2.75, 3.05) is 18.9 Å². The highest BCUT2D eigenvalue weighted by Gasteiger charge is 2.24. The van der Waals surface area contributed by atoms with Gasteiger partial charge in [0, 0.05) is 13.2 Å². The number of sulfonamides is 1. The lowest BCUT2D eigenvalue weighted by molar-refractivity contribution is 0.106. The summed E-state index contributed by atoms with van der Waals surface area (Å²) >= 11 is 0. The van der Waals surface area contributed by atoms with Crippen LogP contribution >= 0.6 is 0 Å². The van der Waals surface area contributed by atoms with Crippen LogP contribution in [-0.4, -0.2) is 44.6 Å². The lowest BCUT2D eigenvalue weighted by Gasteiger charge is -2.20. The Morgan fingerprint density at radius 3 is 2.56 bits per heavy atom. The molecule has 2 N–H and O–H groups in total. The zero-order chi connectivity index (χ0) is 13.6. The van der Waals surface area contributed by atoms with Gasteiger partial charge in [-0.05, 0) is 18.8 Å². The van der Waals surface area contributed by atoms with Gasteiger partial charge in [-0.1, -0.05) is 26.7 Å². The molecule has 1 aliphatic heterocycles. The van der Waals surface area contributed by atoms with E-state index >= 15 is 0 Å². The van der Waals surface area contributed by atoms with Gasteiger partial charge in [-0.2, -0.15) is 0 Å². The minimum absolute atomic E-state index is 0.00262. The smallest absolute Gasteiger partial charge is 0.214 e. The monoisotopic (exact) mass is 279 g/mol. The van der Waals surface area contributed by atoms with Gasteiger partial charge >= 0.3 is 0 Å². The summed E-state index contributed by atoms with van der Waals surface area (Å²) in [5, 5.41) is 9.87. The fraction of sp³-hybridized carbons (Fsp3) is 1.00. The number of ether oxygens (including phenoxy) is 1. The summed E-state index contributed by atoms with van der Waals surface area (Å²) in [6.07, 6.45) is 2.63. The predicted molar refractivity (Wildman–Crippen MR) is 70.8 cm³/mol. The minimum atomic E-state index is -3.35. The highest BCUT2D eigenvalue weighted by molar-refractivity contribution is 7.89. The van der Waals surface area contributed by atoms with Gasteiger partial charge in [-0.15, -0.1) is 0 Å². The molecular formula is C12H25NO4S. The quantitative estimate of drug-likeness (QED) is 0.691. The summed E-state index contributed by atoms with van der Waals surface area (Å²) in [5.41, 5.74) is 0. The molecule has 6 heteroatoms. The summed E-state index contributed by atoms with van der Waals surface area (Å²) in [7, 11) is -3.35. The molecule has 0 aromatic heterocycles. The fourth-order valence-electron chi connectivity index (χ4n) is 2.29. The van der Waals surface area contributed by atoms with Crippen molar-refractivity contribution in [1.82, 2.24) is 4.72 Å². The number of aliphatic hydroxyl groups excluding tert-OH is 1. The first kappa shape index (κ1) is 15.9. The first-order chi connectivity index (χ1) is 8.48. The summed E-state index contributed by atoms with van der Waals surface area (Å²) in [6.45, 7) is 4.74. The van der Waals surface area contributed by atoms with E-state index in [2.05, 4.69) is 4.72 Å². The molecule has 1 heterocycles. The lowest BCUT2D eigenvalue weighted by atomic mass is 9.97. The Balaban J connectivity index is 2.36. The topological polar surface area (TPSA) is 75.6 Å². The zero-order valence-electron chi connectivity index (χ0n) is 11.3. The van der Waals surface area contributed by atoms with Crippen LogP contribution in [0.25, 0.3) is 0 Å². The van der Waals surface area contributed by atoms with Gasteiger partial charge in [0.2, 0.25) is 10.0 Å². The fourth-order valence-corrected chi connectivity index (χ4v) is 3.59. The highest BCUT2D eigenvalue weighted by Crippen LogP contribution is 2.15. The van der Waals surface area contributed by atoms with E-state index in [1.54, 1.807) is 0 Å². The van der Waals surface area contributed by atoms with Crippen LogP contribution in [-0.2, 0) is 14.8 Å². The van der Waals surface area contributed by atoms with Gasteiger partial charge in [0.15, 0.2) is 0 Å². The average molecular weight is 279 g/mol. The van der Waals surface area contributed by atoms with Crippen LogP contribution in [0, 0.1) is 5.92 Å². The SMILES string of the molecule is CCC(CC)C(O)CNS(=O)(=O)CC1CCCO1. The van der Waals surface area contributed by atoms with Crippen molar-refractivity contribution in [3.05, 3.63) is 0 Å². The van der Waals surface area contributed by atoms with E-state index in [1.165, 1.54) is 0 Å². The molecular weight excluding hydrogens is 254 g/mol. The molecule has 2 atom stereocenters. The molecule has 0 bridgehead atoms. The van der Waals surface area contributed by atoms with Crippen LogP contribution in [0.2, 0.25) is 0 Å². The maximum atomic E-state index is 11.8. The molecule has 0 aromatic carbocycles. The number of nitrogens with one attached hydrogen (secondary N) is 1. The van der Waals surface area contributed by atoms with Gasteiger partial charge < -0.3 is 9.84 Å². The molecule has 1 fully saturated rings. The Labute approximate surface area is 110 Å². The summed E-state index contributed by atoms with van der Waals surface area (Å²) in [6, 6.07) is 0. The van der Waals surface area contributed by atoms with Crippen molar-refractivity contribution in [3.63, 3.8) is 0 Å². The molecule has 5 nitrogen and oxygen atoms in total. The molecule has 0 amide bonds. The predicted octanol–water partition coefficient (Wildman–Crippen LogP) is 0.882. The molecule has 0 aliphatic carbocycles. The molecule has 0 radical (unpaired) electrons. The molecule has 0 spiro atoms. The molecule has 18 heavy (non-hydrogen) atoms. The largest absolute Gasteiger partial charge is 0.391 e. The van der Waals surface area contributed by atoms with Crippen LogP contribution in [0.5, 0.6) is 0 Å². The summed E-state index contributed by atoms with van der Waals surface area (Å²) in [5.74, 6) is 0.151. The van der Waals surface area contributed by atoms with Crippen molar-refractivity contribution >= 4 is 10.0 Å². The lowest BCUT2D eigenvalue weighted by Crippen LogP contribution is -2.39. The second-order valence-corrected chi connectivity index (χ2v) is 6.76. The van der Waals surface area contributed by atoms with Gasteiger partial charge in [-0.3, -0.25) is 0 Å². The molecule has 108 valence electrons. The van der Waals surface area contributed by atoms with Gasteiger partial charge in [0.25, 0.3) is 0 Å². The van der Waals surface area contributed by atoms with E-state index in [0.29, 0.717) is 6.61 Å². The number of hydrogen-bond acceptors (Lipinski definition) is 4. The van der Waals surface area contributed by atoms with E-state index in [9.17, 15) is 13.5 Å². The van der Waals surface area contributed by atoms with Crippen LogP contribution < -0.4 is 4.72 Å². The van der Waals surface area contributed by atoms with E-state index in [1.807, 2.05) is 13.8 Å². The molecule has 1 rings (SSSR count). The Morgan fingerprint density at radius 1 is 1.39 bits per heavy atom. The maximum absolute atomic E-state index is 11.8. The van der Waals surface area contributed by atoms with Crippen molar-refractivity contribution in [2.45, 2.75) is 51.7 Å². The average Bonchev–Trinajstić information content (AvgIpc) is 2.80. The third-order valence-electron chi connectivity index (χ3n) is 3.53. The third kappa shape index (κ3) is 5.22. The molecule has 0 aromatic rings. The van der Waals surface area contributed by atoms with Gasteiger partial charge in [0.05, 0.1) is 18.0 Å². The van der Waals surface area contributed by atoms with Gasteiger partial charge in [-0.25, -0.2) is 13.1 Å². The third-order valence-corrected chi connectivity index (χ3v) is 4.95. The normalized spacial score (nSPS) is 22.6. The van der Waals surface area contributed by atoms with Crippen LogP contribution in [0.1, 0.15) is 39.5 Å². The summed E-state index contributed by atoms with van der Waals surface area (Å²) < 4.78 is 31.4. The van der Waals surface area contributed by atoms with Crippen molar-refractivity contribution < 1.29 is 18.3 Å². The van der Waals surface area contributed by atoms with Crippen molar-refractivity contribution in [3.8, 4) is 0 Å². The van der Waals surface area contributed by atoms with E-state index in [0.717, 1.165) is 25.7 Å². The Kier molecular flexibility index (Phi) is 6.55. The molecule has 0 saturated carbocycles. The summed E-state index contributed by atoms with van der Waals surface area (Å²) in [4.78, 5) is 0. The number of aliphatic hydroxyl groups is 1. The number of rotatable bonds is 8. The van der Waals surface area contributed by atoms with Crippen molar-refractivity contribution in [2.24, 2.45) is 5.92 Å². The minimum Gasteiger partial charge on any atom is -0.391 e. The van der Waals surface area contributed by atoms with E-state index in [-0.39, 0.29) is 24.3 Å². The van der Waals surface area contributed by atoms with E-state index < -0.39 is 16.1 Å². The Morgan fingerprint density at radius 2 is 2.06 bits per heavy atom. The van der Waals surface area contributed by atoms with Crippen molar-refractivity contribution in [1.29, 1.82) is 0 Å². The van der Waals surface area contributed by atoms with Crippen LogP contribution in [0.4, 0.5) is 0 Å². The standard InChI is InChI=1S/C12H25NO4S/c1-3-10(4-2)12(14)8-13-18(15,16)9-11-6-5-7-17-11/h10-14H,3-9H2,1-2H3. The Bertz CT molecular complexity index is 321. The second-order valence-electron chi connectivity index (χ2n) is 4.91. The number of hydrogen-bond donors (Lipinski definition) is 2. The second kappa shape index (κ2) is 7.43. The Hall–Kier alpha value is -0.170. The zero-order valence-corrected chi connectivity index (χ0v) is 12.1. The first-order valence-corrected chi connectivity index (χ1v) is 8.40. The van der Waals surface area contributed by atoms with Gasteiger partial charge in [0.1, 0.15) is 0 Å².